The highest BCUT2D eigenvalue weighted by Gasteiger charge is 2.31. The van der Waals surface area contributed by atoms with Crippen LogP contribution in [0.1, 0.15) is 18.4 Å². The lowest BCUT2D eigenvalue weighted by Gasteiger charge is -2.34. The van der Waals surface area contributed by atoms with E-state index in [1.54, 1.807) is 36.7 Å². The third-order valence-corrected chi connectivity index (χ3v) is 7.36. The van der Waals surface area contributed by atoms with Crippen LogP contribution < -0.4 is 10.6 Å². The molecule has 3 amide bonds. The number of nitrogens with zero attached hydrogens (tertiary/aromatic N) is 3. The van der Waals surface area contributed by atoms with Crippen LogP contribution in [0.4, 0.5) is 10.5 Å². The lowest BCUT2D eigenvalue weighted by atomic mass is 9.96. The number of rotatable bonds is 6. The molecule has 2 fully saturated rings. The van der Waals surface area contributed by atoms with Crippen LogP contribution in [0.15, 0.2) is 53.7 Å². The number of benzene rings is 1. The molecule has 10 heteroatoms. The first-order valence-corrected chi connectivity index (χ1v) is 12.3. The van der Waals surface area contributed by atoms with Gasteiger partial charge in [0.1, 0.15) is 11.0 Å². The molecule has 3 heterocycles. The molecule has 4 rings (SSSR count). The SMILES string of the molecule is O=C(NCc1cccnc1)Nc1ccc(S(=O)N2CCC(C(=O)N3CCOCC3)CC2)cc1. The zero-order valence-corrected chi connectivity index (χ0v) is 19.3. The van der Waals surface area contributed by atoms with Crippen LogP contribution in [0.2, 0.25) is 0 Å². The predicted octanol–water partition coefficient (Wildman–Crippen LogP) is 2.00. The molecule has 0 saturated carbocycles. The van der Waals surface area contributed by atoms with Crippen molar-refractivity contribution in [2.45, 2.75) is 24.3 Å². The highest BCUT2D eigenvalue weighted by atomic mass is 32.2. The lowest BCUT2D eigenvalue weighted by Crippen LogP contribution is -2.47. The molecule has 2 aromatic rings. The Bertz CT molecular complexity index is 959. The monoisotopic (exact) mass is 471 g/mol. The van der Waals surface area contributed by atoms with Crippen molar-refractivity contribution in [3.05, 3.63) is 54.4 Å². The molecule has 1 aromatic heterocycles. The highest BCUT2D eigenvalue weighted by molar-refractivity contribution is 7.82. The number of hydrogen-bond donors (Lipinski definition) is 2. The number of aromatic nitrogens is 1. The number of nitrogens with one attached hydrogen (secondary N) is 2. The van der Waals surface area contributed by atoms with E-state index in [0.717, 1.165) is 5.56 Å². The maximum Gasteiger partial charge on any atom is 0.319 e. The van der Waals surface area contributed by atoms with E-state index < -0.39 is 11.0 Å². The Hall–Kier alpha value is -2.82. The Kier molecular flexibility index (Phi) is 8.03. The van der Waals surface area contributed by atoms with Gasteiger partial charge < -0.3 is 20.3 Å². The Balaban J connectivity index is 1.23. The van der Waals surface area contributed by atoms with E-state index in [9.17, 15) is 13.8 Å². The van der Waals surface area contributed by atoms with Gasteiger partial charge in [0.25, 0.3) is 0 Å². The largest absolute Gasteiger partial charge is 0.378 e. The van der Waals surface area contributed by atoms with Crippen LogP contribution in [-0.4, -0.2) is 69.7 Å². The Labute approximate surface area is 196 Å². The van der Waals surface area contributed by atoms with E-state index in [1.807, 2.05) is 21.3 Å². The zero-order valence-electron chi connectivity index (χ0n) is 18.4. The molecule has 2 aliphatic heterocycles. The summed E-state index contributed by atoms with van der Waals surface area (Å²) in [6, 6.07) is 10.4. The fourth-order valence-corrected chi connectivity index (χ4v) is 5.18. The summed E-state index contributed by atoms with van der Waals surface area (Å²) in [6.07, 6.45) is 4.80. The van der Waals surface area contributed by atoms with Gasteiger partial charge in [-0.1, -0.05) is 6.07 Å². The molecule has 2 aliphatic rings. The Morgan fingerprint density at radius 1 is 1.06 bits per heavy atom. The average Bonchev–Trinajstić information content (AvgIpc) is 2.88. The van der Waals surface area contributed by atoms with E-state index in [0.29, 0.717) is 69.4 Å². The van der Waals surface area contributed by atoms with E-state index in [2.05, 4.69) is 15.6 Å². The third kappa shape index (κ3) is 6.37. The summed E-state index contributed by atoms with van der Waals surface area (Å²) < 4.78 is 20.2. The van der Waals surface area contributed by atoms with Crippen LogP contribution in [0.25, 0.3) is 0 Å². The van der Waals surface area contributed by atoms with Gasteiger partial charge in [0.05, 0.1) is 18.1 Å². The van der Waals surface area contributed by atoms with Gasteiger partial charge in [0.2, 0.25) is 5.91 Å². The van der Waals surface area contributed by atoms with Gasteiger partial charge in [0, 0.05) is 56.7 Å². The molecule has 9 nitrogen and oxygen atoms in total. The second kappa shape index (κ2) is 11.4. The number of pyridine rings is 1. The summed E-state index contributed by atoms with van der Waals surface area (Å²) in [6.45, 7) is 4.14. The average molecular weight is 472 g/mol. The van der Waals surface area contributed by atoms with Crippen molar-refractivity contribution in [3.63, 3.8) is 0 Å². The van der Waals surface area contributed by atoms with Gasteiger partial charge in [-0.3, -0.25) is 9.78 Å². The normalized spacial score (nSPS) is 18.5. The summed E-state index contributed by atoms with van der Waals surface area (Å²) >= 11 is 0. The van der Waals surface area contributed by atoms with Crippen molar-refractivity contribution in [2.24, 2.45) is 5.92 Å². The molecule has 33 heavy (non-hydrogen) atoms. The number of morpholine rings is 1. The predicted molar refractivity (Wildman–Crippen MR) is 125 cm³/mol. The lowest BCUT2D eigenvalue weighted by molar-refractivity contribution is -0.140. The van der Waals surface area contributed by atoms with E-state index in [4.69, 9.17) is 4.74 Å². The number of piperidine rings is 1. The van der Waals surface area contributed by atoms with Crippen LogP contribution in [0.3, 0.4) is 0 Å². The fraction of sp³-hybridized carbons (Fsp3) is 0.435. The Morgan fingerprint density at radius 3 is 2.45 bits per heavy atom. The van der Waals surface area contributed by atoms with Gasteiger partial charge in [-0.25, -0.2) is 13.3 Å². The Morgan fingerprint density at radius 2 is 1.79 bits per heavy atom. The number of ether oxygens (including phenoxy) is 1. The second-order valence-electron chi connectivity index (χ2n) is 8.08. The van der Waals surface area contributed by atoms with Crippen LogP contribution in [0.5, 0.6) is 0 Å². The third-order valence-electron chi connectivity index (χ3n) is 5.85. The van der Waals surface area contributed by atoms with Crippen molar-refractivity contribution in [1.29, 1.82) is 0 Å². The molecule has 1 atom stereocenters. The van der Waals surface area contributed by atoms with E-state index >= 15 is 0 Å². The minimum Gasteiger partial charge on any atom is -0.378 e. The fourth-order valence-electron chi connectivity index (χ4n) is 3.97. The number of carbonyl (C=O) groups is 2. The minimum absolute atomic E-state index is 0.00638. The van der Waals surface area contributed by atoms with Gasteiger partial charge in [-0.15, -0.1) is 0 Å². The molecule has 176 valence electrons. The van der Waals surface area contributed by atoms with Gasteiger partial charge in [-0.05, 0) is 48.7 Å². The van der Waals surface area contributed by atoms with Crippen LogP contribution in [0, 0.1) is 5.92 Å². The van der Waals surface area contributed by atoms with Crippen molar-refractivity contribution in [1.82, 2.24) is 19.5 Å². The minimum atomic E-state index is -1.30. The molecular formula is C23H29N5O4S. The number of anilines is 1. The first-order chi connectivity index (χ1) is 16.1. The summed E-state index contributed by atoms with van der Waals surface area (Å²) in [4.78, 5) is 31.4. The number of amides is 3. The summed E-state index contributed by atoms with van der Waals surface area (Å²) in [5.41, 5.74) is 1.53. The number of urea groups is 1. The zero-order chi connectivity index (χ0) is 23.0. The maximum absolute atomic E-state index is 13.0. The van der Waals surface area contributed by atoms with Crippen molar-refractivity contribution in [2.75, 3.05) is 44.7 Å². The first-order valence-electron chi connectivity index (χ1n) is 11.2. The first kappa shape index (κ1) is 23.3. The van der Waals surface area contributed by atoms with E-state index in [1.165, 1.54) is 0 Å². The number of hydrogen-bond acceptors (Lipinski definition) is 5. The molecule has 1 unspecified atom stereocenters. The maximum atomic E-state index is 13.0. The standard InChI is InChI=1S/C23H29N5O4S/c29-22(27-12-14-32-15-13-27)19-7-10-28(11-8-19)33(31)21-5-3-20(4-6-21)26-23(30)25-17-18-2-1-9-24-16-18/h1-6,9,16,19H,7-8,10-15,17H2,(H2,25,26,30). The van der Waals surface area contributed by atoms with Crippen molar-refractivity contribution < 1.29 is 18.5 Å². The quantitative estimate of drug-likeness (QED) is 0.671. The van der Waals surface area contributed by atoms with Crippen LogP contribution in [-0.2, 0) is 27.1 Å². The molecule has 2 saturated heterocycles. The number of carbonyl (C=O) groups excluding carboxylic acids is 2. The molecule has 0 bridgehead atoms. The smallest absolute Gasteiger partial charge is 0.319 e. The van der Waals surface area contributed by atoms with Crippen molar-refractivity contribution >= 4 is 28.6 Å². The molecule has 1 aromatic carbocycles. The highest BCUT2D eigenvalue weighted by Crippen LogP contribution is 2.24. The molecular weight excluding hydrogens is 442 g/mol. The summed E-state index contributed by atoms with van der Waals surface area (Å²) in [5.74, 6) is 0.189. The van der Waals surface area contributed by atoms with Gasteiger partial charge in [0.15, 0.2) is 0 Å². The molecule has 0 radical (unpaired) electrons. The summed E-state index contributed by atoms with van der Waals surface area (Å²) in [7, 11) is -1.30. The van der Waals surface area contributed by atoms with Gasteiger partial charge in [-0.2, -0.15) is 0 Å². The van der Waals surface area contributed by atoms with Gasteiger partial charge >= 0.3 is 6.03 Å². The second-order valence-corrected chi connectivity index (χ2v) is 9.57. The summed E-state index contributed by atoms with van der Waals surface area (Å²) in [5, 5.41) is 5.55. The van der Waals surface area contributed by atoms with Crippen molar-refractivity contribution in [3.8, 4) is 0 Å². The molecule has 0 spiro atoms. The topological polar surface area (TPSA) is 104 Å². The molecule has 2 N–H and O–H groups in total. The van der Waals surface area contributed by atoms with E-state index in [-0.39, 0.29) is 17.9 Å². The molecule has 0 aliphatic carbocycles. The van der Waals surface area contributed by atoms with Crippen LogP contribution >= 0.6 is 0 Å².